The van der Waals surface area contributed by atoms with E-state index in [2.05, 4.69) is 32.2 Å². The Bertz CT molecular complexity index is 455. The van der Waals surface area contributed by atoms with Crippen LogP contribution in [0.25, 0.3) is 0 Å². The maximum Gasteiger partial charge on any atom is 0.129 e. The molecule has 1 heterocycles. The predicted molar refractivity (Wildman–Crippen MR) is 93.1 cm³/mol. The second-order valence-corrected chi connectivity index (χ2v) is 6.89. The smallest absolute Gasteiger partial charge is 0.129 e. The summed E-state index contributed by atoms with van der Waals surface area (Å²) in [6, 6.07) is 4.74. The van der Waals surface area contributed by atoms with Gasteiger partial charge in [0.2, 0.25) is 0 Å². The van der Waals surface area contributed by atoms with Crippen molar-refractivity contribution < 1.29 is 5.11 Å². The van der Waals surface area contributed by atoms with E-state index < -0.39 is 6.10 Å². The van der Waals surface area contributed by atoms with Crippen LogP contribution in [0.1, 0.15) is 83.1 Å². The Morgan fingerprint density at radius 2 is 2.00 bits per heavy atom. The molecule has 2 rings (SSSR count). The van der Waals surface area contributed by atoms with Gasteiger partial charge in [-0.3, -0.25) is 0 Å². The van der Waals surface area contributed by atoms with E-state index in [0.717, 1.165) is 30.8 Å². The highest BCUT2D eigenvalue weighted by Crippen LogP contribution is 2.27. The molecule has 1 aliphatic carbocycles. The summed E-state index contributed by atoms with van der Waals surface area (Å²) in [5, 5.41) is 13.9. The molecule has 0 amide bonds. The van der Waals surface area contributed by atoms with E-state index in [0.29, 0.717) is 12.0 Å². The molecular weight excluding hydrogens is 272 g/mol. The molecule has 0 aliphatic heterocycles. The number of nitrogens with zero attached hydrogens (tertiary/aromatic N) is 1. The number of aliphatic hydroxyl groups is 1. The molecule has 0 saturated heterocycles. The van der Waals surface area contributed by atoms with Gasteiger partial charge in [-0.2, -0.15) is 0 Å². The summed E-state index contributed by atoms with van der Waals surface area (Å²) >= 11 is 0. The topological polar surface area (TPSA) is 45.1 Å². The molecule has 1 fully saturated rings. The average molecular weight is 304 g/mol. The maximum atomic E-state index is 10.2. The van der Waals surface area contributed by atoms with Gasteiger partial charge in [-0.1, -0.05) is 52.5 Å². The lowest BCUT2D eigenvalue weighted by molar-refractivity contribution is 0.162. The number of anilines is 1. The number of hydrogen-bond donors (Lipinski definition) is 2. The molecule has 124 valence electrons. The lowest BCUT2D eigenvalue weighted by Gasteiger charge is -2.20. The fourth-order valence-electron chi connectivity index (χ4n) is 3.18. The first kappa shape index (κ1) is 17.3. The molecular formula is C19H32N2O. The Labute approximate surface area is 135 Å². The maximum absolute atomic E-state index is 10.2. The Morgan fingerprint density at radius 1 is 1.27 bits per heavy atom. The lowest BCUT2D eigenvalue weighted by atomic mass is 9.98. The van der Waals surface area contributed by atoms with E-state index in [1.54, 1.807) is 0 Å². The molecule has 1 saturated carbocycles. The molecule has 0 spiro atoms. The van der Waals surface area contributed by atoms with Crippen LogP contribution in [-0.2, 0) is 6.42 Å². The van der Waals surface area contributed by atoms with Crippen LogP contribution in [0.3, 0.4) is 0 Å². The standard InChI is InChI=1S/C19H32N2O/c1-4-8-18(22)17-12-11-15(13-14(3)5-2)19(21-17)20-16-9-6-7-10-16/h11-12,14,16,18,22H,4-10,13H2,1-3H3,(H,20,21). The number of pyridine rings is 1. The van der Waals surface area contributed by atoms with Crippen molar-refractivity contribution in [1.82, 2.24) is 4.98 Å². The first-order valence-corrected chi connectivity index (χ1v) is 9.08. The molecule has 2 atom stereocenters. The zero-order valence-electron chi connectivity index (χ0n) is 14.4. The van der Waals surface area contributed by atoms with E-state index in [1.807, 2.05) is 6.07 Å². The van der Waals surface area contributed by atoms with Crippen LogP contribution >= 0.6 is 0 Å². The molecule has 0 bridgehead atoms. The van der Waals surface area contributed by atoms with Gasteiger partial charge in [0.05, 0.1) is 11.8 Å². The summed E-state index contributed by atoms with van der Waals surface area (Å²) in [6.07, 6.45) is 8.67. The Balaban J connectivity index is 2.19. The van der Waals surface area contributed by atoms with E-state index in [1.165, 1.54) is 37.7 Å². The van der Waals surface area contributed by atoms with Crippen LogP contribution in [0, 0.1) is 5.92 Å². The van der Waals surface area contributed by atoms with Gasteiger partial charge < -0.3 is 10.4 Å². The van der Waals surface area contributed by atoms with Gasteiger partial charge in [0.15, 0.2) is 0 Å². The van der Waals surface area contributed by atoms with Crippen molar-refractivity contribution in [1.29, 1.82) is 0 Å². The highest BCUT2D eigenvalue weighted by atomic mass is 16.3. The Morgan fingerprint density at radius 3 is 2.64 bits per heavy atom. The third-order valence-electron chi connectivity index (χ3n) is 4.87. The largest absolute Gasteiger partial charge is 0.387 e. The van der Waals surface area contributed by atoms with Crippen LogP contribution in [-0.4, -0.2) is 16.1 Å². The van der Waals surface area contributed by atoms with E-state index in [9.17, 15) is 5.11 Å². The van der Waals surface area contributed by atoms with Crippen molar-refractivity contribution in [3.8, 4) is 0 Å². The molecule has 22 heavy (non-hydrogen) atoms. The van der Waals surface area contributed by atoms with Crippen LogP contribution in [0.2, 0.25) is 0 Å². The normalized spacial score (nSPS) is 18.4. The number of aliphatic hydroxyl groups excluding tert-OH is 1. The van der Waals surface area contributed by atoms with Crippen LogP contribution < -0.4 is 5.32 Å². The quantitative estimate of drug-likeness (QED) is 0.721. The summed E-state index contributed by atoms with van der Waals surface area (Å²) in [4.78, 5) is 4.78. The van der Waals surface area contributed by atoms with E-state index in [-0.39, 0.29) is 0 Å². The molecule has 0 aromatic carbocycles. The molecule has 1 aromatic rings. The van der Waals surface area contributed by atoms with Gasteiger partial charge in [-0.25, -0.2) is 4.98 Å². The van der Waals surface area contributed by atoms with Crippen molar-refractivity contribution in [2.24, 2.45) is 5.92 Å². The average Bonchev–Trinajstić information content (AvgIpc) is 3.02. The third kappa shape index (κ3) is 4.70. The SMILES string of the molecule is CCCC(O)c1ccc(CC(C)CC)c(NC2CCCC2)n1. The highest BCUT2D eigenvalue weighted by molar-refractivity contribution is 5.46. The molecule has 2 unspecified atom stereocenters. The summed E-state index contributed by atoms with van der Waals surface area (Å²) in [6.45, 7) is 6.62. The van der Waals surface area contributed by atoms with Gasteiger partial charge in [-0.15, -0.1) is 0 Å². The molecule has 3 heteroatoms. The second-order valence-electron chi connectivity index (χ2n) is 6.89. The van der Waals surface area contributed by atoms with E-state index in [4.69, 9.17) is 4.98 Å². The summed E-state index contributed by atoms with van der Waals surface area (Å²) in [5.74, 6) is 1.68. The number of nitrogens with one attached hydrogen (secondary N) is 1. The van der Waals surface area contributed by atoms with Crippen LogP contribution in [0.15, 0.2) is 12.1 Å². The predicted octanol–water partition coefficient (Wildman–Crippen LogP) is 4.86. The van der Waals surface area contributed by atoms with Crippen molar-refractivity contribution in [3.05, 3.63) is 23.4 Å². The zero-order chi connectivity index (χ0) is 15.9. The second kappa shape index (κ2) is 8.52. The summed E-state index contributed by atoms with van der Waals surface area (Å²) in [5.41, 5.74) is 2.11. The Kier molecular flexibility index (Phi) is 6.69. The first-order valence-electron chi connectivity index (χ1n) is 9.08. The molecule has 0 radical (unpaired) electrons. The van der Waals surface area contributed by atoms with Gasteiger partial charge in [0, 0.05) is 6.04 Å². The van der Waals surface area contributed by atoms with Crippen molar-refractivity contribution in [2.45, 2.75) is 84.3 Å². The van der Waals surface area contributed by atoms with Crippen LogP contribution in [0.5, 0.6) is 0 Å². The van der Waals surface area contributed by atoms with E-state index >= 15 is 0 Å². The molecule has 3 nitrogen and oxygen atoms in total. The minimum atomic E-state index is -0.438. The van der Waals surface area contributed by atoms with Crippen molar-refractivity contribution in [3.63, 3.8) is 0 Å². The van der Waals surface area contributed by atoms with Crippen LogP contribution in [0.4, 0.5) is 5.82 Å². The Hall–Kier alpha value is -1.09. The zero-order valence-corrected chi connectivity index (χ0v) is 14.4. The van der Waals surface area contributed by atoms with Crippen molar-refractivity contribution >= 4 is 5.82 Å². The monoisotopic (exact) mass is 304 g/mol. The summed E-state index contributed by atoms with van der Waals surface area (Å²) in [7, 11) is 0. The fraction of sp³-hybridized carbons (Fsp3) is 0.737. The van der Waals surface area contributed by atoms with Gasteiger partial charge in [0.1, 0.15) is 5.82 Å². The van der Waals surface area contributed by atoms with Gasteiger partial charge in [0.25, 0.3) is 0 Å². The fourth-order valence-corrected chi connectivity index (χ4v) is 3.18. The summed E-state index contributed by atoms with van der Waals surface area (Å²) < 4.78 is 0. The third-order valence-corrected chi connectivity index (χ3v) is 4.87. The molecule has 1 aliphatic rings. The highest BCUT2D eigenvalue weighted by Gasteiger charge is 2.19. The minimum absolute atomic E-state index is 0.438. The minimum Gasteiger partial charge on any atom is -0.387 e. The number of hydrogen-bond acceptors (Lipinski definition) is 3. The molecule has 2 N–H and O–H groups in total. The van der Waals surface area contributed by atoms with Gasteiger partial charge in [-0.05, 0) is 43.2 Å². The number of aromatic nitrogens is 1. The first-order chi connectivity index (χ1) is 10.6. The van der Waals surface area contributed by atoms with Crippen molar-refractivity contribution in [2.75, 3.05) is 5.32 Å². The lowest BCUT2D eigenvalue weighted by Crippen LogP contribution is -2.18. The molecule has 1 aromatic heterocycles. The number of rotatable bonds is 8. The van der Waals surface area contributed by atoms with Gasteiger partial charge >= 0.3 is 0 Å².